The summed E-state index contributed by atoms with van der Waals surface area (Å²) in [7, 11) is 0. The molecule has 0 radical (unpaired) electrons. The van der Waals surface area contributed by atoms with Crippen molar-refractivity contribution in [2.24, 2.45) is 0 Å². The van der Waals surface area contributed by atoms with Gasteiger partial charge in [-0.1, -0.05) is 0 Å². The Kier molecular flexibility index (Phi) is 8.25. The molecule has 0 aliphatic carbocycles. The molecule has 2 N–H and O–H groups in total. The molecule has 0 bridgehead atoms. The van der Waals surface area contributed by atoms with Gasteiger partial charge in [0.1, 0.15) is 0 Å². The first-order chi connectivity index (χ1) is 16.1. The van der Waals surface area contributed by atoms with Crippen LogP contribution in [0.2, 0.25) is 0 Å². The lowest BCUT2D eigenvalue weighted by atomic mass is 9.96. The number of carbonyl (C=O) groups excluding carboxylic acids is 3. The van der Waals surface area contributed by atoms with Crippen LogP contribution >= 0.6 is 11.3 Å². The Bertz CT molecular complexity index is 924. The number of piperazine rings is 1. The number of carbonyl (C=O) groups is 3. The fraction of sp³-hybridized carbons (Fsp3) is 0.625. The van der Waals surface area contributed by atoms with Crippen LogP contribution in [0.15, 0.2) is 28.1 Å². The van der Waals surface area contributed by atoms with Crippen molar-refractivity contribution >= 4 is 29.4 Å². The maximum atomic E-state index is 13.1. The fourth-order valence-electron chi connectivity index (χ4n) is 4.43. The highest BCUT2D eigenvalue weighted by atomic mass is 32.1. The second kappa shape index (κ2) is 10.8. The van der Waals surface area contributed by atoms with Crippen molar-refractivity contribution < 1.29 is 19.1 Å². The van der Waals surface area contributed by atoms with E-state index >= 15 is 0 Å². The maximum absolute atomic E-state index is 13.1. The Labute approximate surface area is 206 Å². The molecule has 2 aliphatic rings. The highest BCUT2D eigenvalue weighted by Crippen LogP contribution is 2.33. The van der Waals surface area contributed by atoms with Crippen LogP contribution in [0, 0.1) is 0 Å². The van der Waals surface area contributed by atoms with Crippen molar-refractivity contribution in [3.63, 3.8) is 0 Å². The van der Waals surface area contributed by atoms with Crippen LogP contribution < -0.4 is 10.6 Å². The van der Waals surface area contributed by atoms with Gasteiger partial charge in [0.15, 0.2) is 0 Å². The SMILES string of the molecule is CCOC(=O)C1=C(CN2CCN(C(=O)NC(C)(C)C)[C@@H](C)C2)N(CC)C(=O)N[C@H]1c1ccsc1. The largest absolute Gasteiger partial charge is 0.463 e. The quantitative estimate of drug-likeness (QED) is 0.596. The van der Waals surface area contributed by atoms with Gasteiger partial charge >= 0.3 is 18.0 Å². The predicted octanol–water partition coefficient (Wildman–Crippen LogP) is 3.17. The van der Waals surface area contributed by atoms with Gasteiger partial charge in [-0.2, -0.15) is 11.3 Å². The third kappa shape index (κ3) is 5.90. The van der Waals surface area contributed by atoms with Gasteiger partial charge in [0, 0.05) is 50.0 Å². The molecule has 1 aromatic rings. The number of thiophene rings is 1. The van der Waals surface area contributed by atoms with Crippen LogP contribution in [0.1, 0.15) is 53.1 Å². The molecule has 1 fully saturated rings. The smallest absolute Gasteiger partial charge is 0.338 e. The summed E-state index contributed by atoms with van der Waals surface area (Å²) in [5.41, 5.74) is 1.70. The average Bonchev–Trinajstić information content (AvgIpc) is 3.27. The number of esters is 1. The lowest BCUT2D eigenvalue weighted by Gasteiger charge is -2.43. The summed E-state index contributed by atoms with van der Waals surface area (Å²) in [6.45, 7) is 14.6. The minimum absolute atomic E-state index is 0.0112. The van der Waals surface area contributed by atoms with Crippen molar-refractivity contribution in [1.29, 1.82) is 0 Å². The van der Waals surface area contributed by atoms with Gasteiger partial charge in [0.2, 0.25) is 0 Å². The van der Waals surface area contributed by atoms with Crippen molar-refractivity contribution in [3.05, 3.63) is 33.7 Å². The van der Waals surface area contributed by atoms with Gasteiger partial charge in [-0.15, -0.1) is 0 Å². The third-order valence-corrected chi connectivity index (χ3v) is 6.66. The molecule has 1 aromatic heterocycles. The molecule has 9 nitrogen and oxygen atoms in total. The van der Waals surface area contributed by atoms with E-state index in [1.54, 1.807) is 11.8 Å². The van der Waals surface area contributed by atoms with Gasteiger partial charge in [0.25, 0.3) is 0 Å². The first-order valence-corrected chi connectivity index (χ1v) is 12.8. The zero-order chi connectivity index (χ0) is 25.0. The Morgan fingerprint density at radius 1 is 1.26 bits per heavy atom. The minimum atomic E-state index is -0.549. The molecule has 4 amide bonds. The molecule has 34 heavy (non-hydrogen) atoms. The van der Waals surface area contributed by atoms with Crippen LogP contribution in [0.25, 0.3) is 0 Å². The normalized spacial score (nSPS) is 22.0. The summed E-state index contributed by atoms with van der Waals surface area (Å²) < 4.78 is 5.42. The number of amides is 4. The zero-order valence-corrected chi connectivity index (χ0v) is 21.8. The molecule has 188 valence electrons. The molecule has 0 aromatic carbocycles. The topological polar surface area (TPSA) is 94.2 Å². The van der Waals surface area contributed by atoms with Crippen LogP contribution in [0.5, 0.6) is 0 Å². The summed E-state index contributed by atoms with van der Waals surface area (Å²) in [4.78, 5) is 44.5. The number of hydrogen-bond donors (Lipinski definition) is 2. The average molecular weight is 492 g/mol. The maximum Gasteiger partial charge on any atom is 0.338 e. The molecule has 1 saturated heterocycles. The van der Waals surface area contributed by atoms with E-state index in [0.29, 0.717) is 44.0 Å². The van der Waals surface area contributed by atoms with Crippen molar-refractivity contribution in [2.75, 3.05) is 39.3 Å². The monoisotopic (exact) mass is 491 g/mol. The highest BCUT2D eigenvalue weighted by Gasteiger charge is 2.39. The van der Waals surface area contributed by atoms with Crippen molar-refractivity contribution in [2.45, 2.75) is 59.2 Å². The number of likely N-dealkylation sites (N-methyl/N-ethyl adjacent to an activating group) is 1. The zero-order valence-electron chi connectivity index (χ0n) is 21.0. The summed E-state index contributed by atoms with van der Waals surface area (Å²) in [5, 5.41) is 9.89. The molecule has 0 spiro atoms. The van der Waals surface area contributed by atoms with E-state index in [1.165, 1.54) is 11.3 Å². The predicted molar refractivity (Wildman–Crippen MR) is 133 cm³/mol. The summed E-state index contributed by atoms with van der Waals surface area (Å²) >= 11 is 1.52. The van der Waals surface area contributed by atoms with Gasteiger partial charge in [-0.25, -0.2) is 14.4 Å². The van der Waals surface area contributed by atoms with Gasteiger partial charge in [-0.3, -0.25) is 9.80 Å². The Balaban J connectivity index is 1.88. The molecule has 3 heterocycles. The highest BCUT2D eigenvalue weighted by molar-refractivity contribution is 7.08. The number of rotatable bonds is 6. The number of hydrogen-bond acceptors (Lipinski definition) is 6. The second-order valence-electron chi connectivity index (χ2n) is 9.72. The summed E-state index contributed by atoms with van der Waals surface area (Å²) in [6, 6.07) is 1.06. The Morgan fingerprint density at radius 2 is 2.00 bits per heavy atom. The lowest BCUT2D eigenvalue weighted by Crippen LogP contribution is -2.59. The van der Waals surface area contributed by atoms with E-state index in [-0.39, 0.29) is 30.2 Å². The third-order valence-electron chi connectivity index (χ3n) is 5.95. The standard InChI is InChI=1S/C24H37N5O4S/c1-7-28-18(14-27-10-11-29(16(3)13-27)23(32)26-24(4,5)6)19(21(30)33-8-2)20(25-22(28)31)17-9-12-34-15-17/h9,12,15-16,20H,7-8,10-11,13-14H2,1-6H3,(H,25,31)(H,26,32)/t16-,20-/m0/s1. The van der Waals surface area contributed by atoms with Crippen LogP contribution in [-0.2, 0) is 9.53 Å². The Morgan fingerprint density at radius 3 is 2.56 bits per heavy atom. The van der Waals surface area contributed by atoms with E-state index in [2.05, 4.69) is 15.5 Å². The molecule has 2 atom stereocenters. The summed E-state index contributed by atoms with van der Waals surface area (Å²) in [6.07, 6.45) is 0. The van der Waals surface area contributed by atoms with E-state index in [1.807, 2.05) is 56.3 Å². The van der Waals surface area contributed by atoms with Gasteiger partial charge in [-0.05, 0) is 63.9 Å². The molecule has 10 heteroatoms. The molecular formula is C24H37N5O4S. The molecular weight excluding hydrogens is 454 g/mol. The van der Waals surface area contributed by atoms with Gasteiger partial charge < -0.3 is 20.3 Å². The molecule has 2 aliphatic heterocycles. The first kappa shape index (κ1) is 26.0. The number of ether oxygens (including phenoxy) is 1. The summed E-state index contributed by atoms with van der Waals surface area (Å²) in [5.74, 6) is -0.414. The van der Waals surface area contributed by atoms with E-state index in [0.717, 1.165) is 5.56 Å². The van der Waals surface area contributed by atoms with E-state index in [9.17, 15) is 14.4 Å². The van der Waals surface area contributed by atoms with Crippen molar-refractivity contribution in [3.8, 4) is 0 Å². The number of nitrogens with zero attached hydrogens (tertiary/aromatic N) is 3. The number of urea groups is 2. The Hall–Kier alpha value is -2.59. The molecule has 0 unspecified atom stereocenters. The first-order valence-electron chi connectivity index (χ1n) is 11.9. The van der Waals surface area contributed by atoms with Crippen LogP contribution in [0.3, 0.4) is 0 Å². The number of nitrogens with one attached hydrogen (secondary N) is 2. The van der Waals surface area contributed by atoms with E-state index in [4.69, 9.17) is 4.74 Å². The lowest BCUT2D eigenvalue weighted by molar-refractivity contribution is -0.139. The van der Waals surface area contributed by atoms with Crippen molar-refractivity contribution in [1.82, 2.24) is 25.3 Å². The van der Waals surface area contributed by atoms with E-state index < -0.39 is 12.0 Å². The minimum Gasteiger partial charge on any atom is -0.463 e. The van der Waals surface area contributed by atoms with Crippen LogP contribution in [-0.4, -0.2) is 83.6 Å². The second-order valence-corrected chi connectivity index (χ2v) is 10.5. The van der Waals surface area contributed by atoms with Crippen LogP contribution in [0.4, 0.5) is 9.59 Å². The fourth-order valence-corrected chi connectivity index (χ4v) is 5.12. The van der Waals surface area contributed by atoms with Gasteiger partial charge in [0.05, 0.1) is 18.2 Å². The molecule has 0 saturated carbocycles. The molecule has 3 rings (SSSR count).